The highest BCUT2D eigenvalue weighted by Crippen LogP contribution is 2.42. The first-order chi connectivity index (χ1) is 13.4. The molecule has 2 aliphatic heterocycles. The normalized spacial score (nSPS) is 25.0. The standard InChI is InChI=1S/C26H34FN/c1-17(2)19-6-5-7-20(12-19)21-8-9-22(26(27)15-21)16-28-24-10-11-25(28)14-23(13-24)18(3)4/h5-9,12,15,17-18,23-25H,10-11,13-14,16H2,1-4H3. The van der Waals surface area contributed by atoms with Gasteiger partial charge in [-0.1, -0.05) is 64.1 Å². The van der Waals surface area contributed by atoms with Crippen molar-refractivity contribution in [1.82, 2.24) is 4.90 Å². The van der Waals surface area contributed by atoms with Crippen molar-refractivity contribution in [3.63, 3.8) is 0 Å². The van der Waals surface area contributed by atoms with Crippen molar-refractivity contribution >= 4 is 0 Å². The van der Waals surface area contributed by atoms with Crippen LogP contribution in [-0.2, 0) is 6.54 Å². The highest BCUT2D eigenvalue weighted by molar-refractivity contribution is 5.64. The van der Waals surface area contributed by atoms with E-state index in [1.54, 1.807) is 6.07 Å². The second-order valence-corrected chi connectivity index (χ2v) is 9.62. The van der Waals surface area contributed by atoms with Crippen LogP contribution in [-0.4, -0.2) is 17.0 Å². The first-order valence-electron chi connectivity index (χ1n) is 11.1. The minimum absolute atomic E-state index is 0.0576. The van der Waals surface area contributed by atoms with Crippen molar-refractivity contribution in [3.05, 3.63) is 59.4 Å². The summed E-state index contributed by atoms with van der Waals surface area (Å²) in [7, 11) is 0. The molecule has 2 saturated heterocycles. The van der Waals surface area contributed by atoms with Gasteiger partial charge in [0.05, 0.1) is 0 Å². The van der Waals surface area contributed by atoms with Gasteiger partial charge in [0.2, 0.25) is 0 Å². The van der Waals surface area contributed by atoms with Gasteiger partial charge in [0.15, 0.2) is 0 Å². The van der Waals surface area contributed by atoms with Gasteiger partial charge in [-0.05, 0) is 66.2 Å². The summed E-state index contributed by atoms with van der Waals surface area (Å²) in [6.45, 7) is 9.86. The molecule has 2 unspecified atom stereocenters. The topological polar surface area (TPSA) is 3.24 Å². The van der Waals surface area contributed by atoms with E-state index >= 15 is 4.39 Å². The average molecular weight is 380 g/mol. The lowest BCUT2D eigenvalue weighted by Crippen LogP contribution is -2.43. The van der Waals surface area contributed by atoms with E-state index in [4.69, 9.17) is 0 Å². The molecule has 2 heterocycles. The molecule has 2 heteroatoms. The summed E-state index contributed by atoms with van der Waals surface area (Å²) in [4.78, 5) is 2.59. The van der Waals surface area contributed by atoms with Crippen molar-refractivity contribution in [3.8, 4) is 11.1 Å². The highest BCUT2D eigenvalue weighted by atomic mass is 19.1. The molecule has 0 saturated carbocycles. The number of hydrogen-bond acceptors (Lipinski definition) is 1. The number of fused-ring (bicyclic) bond motifs is 2. The zero-order valence-electron chi connectivity index (χ0n) is 17.8. The Hall–Kier alpha value is -1.67. The molecule has 2 aliphatic rings. The minimum atomic E-state index is -0.0576. The van der Waals surface area contributed by atoms with Gasteiger partial charge in [0.25, 0.3) is 0 Å². The fourth-order valence-corrected chi connectivity index (χ4v) is 5.25. The van der Waals surface area contributed by atoms with Crippen LogP contribution >= 0.6 is 0 Å². The van der Waals surface area contributed by atoms with Crippen molar-refractivity contribution in [1.29, 1.82) is 0 Å². The molecule has 4 rings (SSSR count). The SMILES string of the molecule is CC(C)c1cccc(-c2ccc(CN3C4CCC3CC(C(C)C)C4)c(F)c2)c1. The third-order valence-electron chi connectivity index (χ3n) is 7.16. The molecule has 150 valence electrons. The molecule has 0 radical (unpaired) electrons. The van der Waals surface area contributed by atoms with Gasteiger partial charge in [-0.2, -0.15) is 0 Å². The Bertz CT molecular complexity index is 811. The summed E-state index contributed by atoms with van der Waals surface area (Å²) in [5, 5.41) is 0. The Labute approximate surface area is 170 Å². The van der Waals surface area contributed by atoms with Crippen LogP contribution in [0.2, 0.25) is 0 Å². The number of halogens is 1. The zero-order chi connectivity index (χ0) is 19.8. The zero-order valence-corrected chi connectivity index (χ0v) is 17.8. The molecular formula is C26H34FN. The molecule has 2 aromatic rings. The molecule has 2 fully saturated rings. The minimum Gasteiger partial charge on any atom is -0.293 e. The van der Waals surface area contributed by atoms with Crippen LogP contribution in [0.25, 0.3) is 11.1 Å². The van der Waals surface area contributed by atoms with E-state index in [2.05, 4.69) is 62.9 Å². The Kier molecular flexibility index (Phi) is 5.60. The molecule has 1 nitrogen and oxygen atoms in total. The monoisotopic (exact) mass is 379 g/mol. The first-order valence-corrected chi connectivity index (χ1v) is 11.1. The maximum absolute atomic E-state index is 15.0. The van der Waals surface area contributed by atoms with Crippen LogP contribution in [0.5, 0.6) is 0 Å². The third-order valence-corrected chi connectivity index (χ3v) is 7.16. The van der Waals surface area contributed by atoms with Gasteiger partial charge in [-0.3, -0.25) is 4.90 Å². The van der Waals surface area contributed by atoms with E-state index in [1.165, 1.54) is 31.2 Å². The molecule has 2 bridgehead atoms. The number of benzene rings is 2. The Morgan fingerprint density at radius 2 is 1.61 bits per heavy atom. The molecule has 2 aromatic carbocycles. The van der Waals surface area contributed by atoms with Gasteiger partial charge in [0, 0.05) is 24.2 Å². The lowest BCUT2D eigenvalue weighted by molar-refractivity contribution is 0.0777. The molecule has 0 spiro atoms. The number of nitrogens with zero attached hydrogens (tertiary/aromatic N) is 1. The van der Waals surface area contributed by atoms with Gasteiger partial charge in [0.1, 0.15) is 5.82 Å². The quantitative estimate of drug-likeness (QED) is 0.540. The average Bonchev–Trinajstić information content (AvgIpc) is 2.90. The van der Waals surface area contributed by atoms with Crippen molar-refractivity contribution in [2.45, 2.75) is 77.9 Å². The van der Waals surface area contributed by atoms with E-state index in [0.717, 1.165) is 35.1 Å². The summed E-state index contributed by atoms with van der Waals surface area (Å²) >= 11 is 0. The van der Waals surface area contributed by atoms with E-state index in [9.17, 15) is 0 Å². The van der Waals surface area contributed by atoms with Crippen molar-refractivity contribution < 1.29 is 4.39 Å². The van der Waals surface area contributed by atoms with E-state index < -0.39 is 0 Å². The Balaban J connectivity index is 1.51. The van der Waals surface area contributed by atoms with Crippen LogP contribution in [0.4, 0.5) is 4.39 Å². The lowest BCUT2D eigenvalue weighted by atomic mass is 9.82. The summed E-state index contributed by atoms with van der Waals surface area (Å²) < 4.78 is 15.0. The van der Waals surface area contributed by atoms with Gasteiger partial charge >= 0.3 is 0 Å². The fourth-order valence-electron chi connectivity index (χ4n) is 5.25. The number of rotatable bonds is 5. The second-order valence-electron chi connectivity index (χ2n) is 9.62. The summed E-state index contributed by atoms with van der Waals surface area (Å²) in [5.74, 6) is 2.03. The third kappa shape index (κ3) is 3.89. The summed E-state index contributed by atoms with van der Waals surface area (Å²) in [5.41, 5.74) is 4.23. The van der Waals surface area contributed by atoms with Gasteiger partial charge in [-0.25, -0.2) is 4.39 Å². The van der Waals surface area contributed by atoms with Crippen LogP contribution in [0.3, 0.4) is 0 Å². The summed E-state index contributed by atoms with van der Waals surface area (Å²) in [6, 6.07) is 15.6. The van der Waals surface area contributed by atoms with Crippen LogP contribution in [0.15, 0.2) is 42.5 Å². The van der Waals surface area contributed by atoms with Gasteiger partial charge in [-0.15, -0.1) is 0 Å². The molecule has 28 heavy (non-hydrogen) atoms. The van der Waals surface area contributed by atoms with Crippen LogP contribution in [0, 0.1) is 17.7 Å². The van der Waals surface area contributed by atoms with Crippen molar-refractivity contribution in [2.75, 3.05) is 0 Å². The first kappa shape index (κ1) is 19.6. The molecule has 0 amide bonds. The predicted octanol–water partition coefficient (Wildman–Crippen LogP) is 7.02. The number of hydrogen-bond donors (Lipinski definition) is 0. The maximum atomic E-state index is 15.0. The predicted molar refractivity (Wildman–Crippen MR) is 116 cm³/mol. The fraction of sp³-hybridized carbons (Fsp3) is 0.538. The molecule has 0 aliphatic carbocycles. The largest absolute Gasteiger partial charge is 0.293 e. The molecule has 0 aromatic heterocycles. The Morgan fingerprint density at radius 3 is 2.21 bits per heavy atom. The van der Waals surface area contributed by atoms with Crippen LogP contribution < -0.4 is 0 Å². The molecule has 0 N–H and O–H groups in total. The van der Waals surface area contributed by atoms with E-state index in [1.807, 2.05) is 6.07 Å². The molecular weight excluding hydrogens is 345 g/mol. The van der Waals surface area contributed by atoms with E-state index in [0.29, 0.717) is 18.0 Å². The van der Waals surface area contributed by atoms with Crippen LogP contribution in [0.1, 0.15) is 70.4 Å². The highest BCUT2D eigenvalue weighted by Gasteiger charge is 2.41. The lowest BCUT2D eigenvalue weighted by Gasteiger charge is -2.40. The van der Waals surface area contributed by atoms with Crippen molar-refractivity contribution in [2.24, 2.45) is 11.8 Å². The van der Waals surface area contributed by atoms with E-state index in [-0.39, 0.29) is 5.82 Å². The Morgan fingerprint density at radius 1 is 0.929 bits per heavy atom. The summed E-state index contributed by atoms with van der Waals surface area (Å²) in [6.07, 6.45) is 5.15. The maximum Gasteiger partial charge on any atom is 0.128 e. The van der Waals surface area contributed by atoms with Gasteiger partial charge < -0.3 is 0 Å². The number of piperidine rings is 1. The molecule has 2 atom stereocenters. The smallest absolute Gasteiger partial charge is 0.128 e. The second kappa shape index (κ2) is 7.99.